The molecule has 1 heterocycles. The summed E-state index contributed by atoms with van der Waals surface area (Å²) in [6.07, 6.45) is 2.61. The van der Waals surface area contributed by atoms with Crippen LogP contribution in [-0.4, -0.2) is 11.0 Å². The Labute approximate surface area is 118 Å². The molecule has 0 aliphatic carbocycles. The fraction of sp³-hybridized carbons (Fsp3) is 0.267. The molecule has 0 saturated carbocycles. The molecule has 2 N–H and O–H groups in total. The number of ether oxygens (including phenoxy) is 1. The number of halogens is 1. The Balaban J connectivity index is 2.10. The van der Waals surface area contributed by atoms with Crippen molar-refractivity contribution >= 4 is 11.6 Å². The van der Waals surface area contributed by atoms with Gasteiger partial charge in [0.05, 0.1) is 0 Å². The smallest absolute Gasteiger partial charge is 0.219 e. The molecule has 0 aliphatic rings. The van der Waals surface area contributed by atoms with Gasteiger partial charge in [0.1, 0.15) is 5.75 Å². The monoisotopic (exact) mass is 276 g/mol. The van der Waals surface area contributed by atoms with E-state index in [1.54, 1.807) is 12.3 Å². The van der Waals surface area contributed by atoms with Gasteiger partial charge < -0.3 is 10.5 Å². The van der Waals surface area contributed by atoms with Gasteiger partial charge in [-0.05, 0) is 49.6 Å². The van der Waals surface area contributed by atoms with E-state index in [1.807, 2.05) is 38.1 Å². The Morgan fingerprint density at radius 2 is 2.11 bits per heavy atom. The van der Waals surface area contributed by atoms with E-state index in [0.717, 1.165) is 23.3 Å². The number of aromatic nitrogens is 1. The molecule has 4 heteroatoms. The molecular formula is C15H17ClN2O. The highest BCUT2D eigenvalue weighted by Gasteiger charge is 2.04. The van der Waals surface area contributed by atoms with Crippen LogP contribution in [0.25, 0.3) is 0 Å². The standard InChI is InChI=1S/C15H17ClN2O/c1-10-7-13(16)4-5-14(10)19-15-6-3-12(9-18-15)8-11(2)17/h3-7,9,11H,8,17H2,1-2H3. The maximum Gasteiger partial charge on any atom is 0.219 e. The first-order valence-corrected chi connectivity index (χ1v) is 6.57. The summed E-state index contributed by atoms with van der Waals surface area (Å²) < 4.78 is 5.72. The molecule has 0 aliphatic heterocycles. The van der Waals surface area contributed by atoms with Crippen molar-refractivity contribution in [1.82, 2.24) is 4.98 Å². The zero-order chi connectivity index (χ0) is 13.8. The van der Waals surface area contributed by atoms with Gasteiger partial charge in [-0.25, -0.2) is 4.98 Å². The van der Waals surface area contributed by atoms with Gasteiger partial charge in [0.15, 0.2) is 0 Å². The molecule has 0 spiro atoms. The molecule has 2 aromatic rings. The van der Waals surface area contributed by atoms with Crippen molar-refractivity contribution in [3.63, 3.8) is 0 Å². The minimum atomic E-state index is 0.132. The zero-order valence-corrected chi connectivity index (χ0v) is 11.8. The molecular weight excluding hydrogens is 260 g/mol. The van der Waals surface area contributed by atoms with Gasteiger partial charge in [-0.3, -0.25) is 0 Å². The van der Waals surface area contributed by atoms with E-state index in [2.05, 4.69) is 4.98 Å². The Bertz CT molecular complexity index is 553. The van der Waals surface area contributed by atoms with Crippen LogP contribution in [0, 0.1) is 6.92 Å². The largest absolute Gasteiger partial charge is 0.439 e. The maximum atomic E-state index is 5.91. The van der Waals surface area contributed by atoms with Crippen molar-refractivity contribution in [2.45, 2.75) is 26.3 Å². The van der Waals surface area contributed by atoms with Crippen LogP contribution in [0.1, 0.15) is 18.1 Å². The number of nitrogens with two attached hydrogens (primary N) is 1. The second-order valence-electron chi connectivity index (χ2n) is 4.70. The molecule has 1 aromatic carbocycles. The molecule has 0 amide bonds. The highest BCUT2D eigenvalue weighted by atomic mass is 35.5. The number of pyridine rings is 1. The van der Waals surface area contributed by atoms with Crippen LogP contribution in [-0.2, 0) is 6.42 Å². The van der Waals surface area contributed by atoms with E-state index >= 15 is 0 Å². The van der Waals surface area contributed by atoms with Crippen LogP contribution in [0.3, 0.4) is 0 Å². The molecule has 3 nitrogen and oxygen atoms in total. The van der Waals surface area contributed by atoms with Crippen LogP contribution in [0.2, 0.25) is 5.02 Å². The summed E-state index contributed by atoms with van der Waals surface area (Å²) in [5.74, 6) is 1.33. The summed E-state index contributed by atoms with van der Waals surface area (Å²) in [5.41, 5.74) is 7.84. The average Bonchev–Trinajstić information content (AvgIpc) is 2.34. The minimum Gasteiger partial charge on any atom is -0.439 e. The minimum absolute atomic E-state index is 0.132. The van der Waals surface area contributed by atoms with Crippen LogP contribution in [0.15, 0.2) is 36.5 Å². The van der Waals surface area contributed by atoms with Gasteiger partial charge in [0.25, 0.3) is 0 Å². The quantitative estimate of drug-likeness (QED) is 0.926. The molecule has 0 fully saturated rings. The Kier molecular flexibility index (Phi) is 4.40. The summed E-state index contributed by atoms with van der Waals surface area (Å²) >= 11 is 5.91. The molecule has 0 radical (unpaired) electrons. The third kappa shape index (κ3) is 3.94. The SMILES string of the molecule is Cc1cc(Cl)ccc1Oc1ccc(CC(C)N)cn1. The molecule has 0 saturated heterocycles. The third-order valence-electron chi connectivity index (χ3n) is 2.71. The van der Waals surface area contributed by atoms with Crippen molar-refractivity contribution in [2.24, 2.45) is 5.73 Å². The average molecular weight is 277 g/mol. The molecule has 19 heavy (non-hydrogen) atoms. The van der Waals surface area contributed by atoms with Crippen molar-refractivity contribution in [1.29, 1.82) is 0 Å². The lowest BCUT2D eigenvalue weighted by Gasteiger charge is -2.09. The van der Waals surface area contributed by atoms with Crippen LogP contribution in [0.5, 0.6) is 11.6 Å². The zero-order valence-electron chi connectivity index (χ0n) is 11.1. The molecule has 100 valence electrons. The molecule has 1 atom stereocenters. The molecule has 0 bridgehead atoms. The summed E-state index contributed by atoms with van der Waals surface area (Å²) in [6.45, 7) is 3.92. The Morgan fingerprint density at radius 3 is 2.68 bits per heavy atom. The van der Waals surface area contributed by atoms with Crippen molar-refractivity contribution in [3.05, 3.63) is 52.7 Å². The number of benzene rings is 1. The molecule has 2 rings (SSSR count). The van der Waals surface area contributed by atoms with Crippen LogP contribution < -0.4 is 10.5 Å². The van der Waals surface area contributed by atoms with E-state index in [0.29, 0.717) is 10.9 Å². The van der Waals surface area contributed by atoms with Gasteiger partial charge >= 0.3 is 0 Å². The second kappa shape index (κ2) is 6.04. The summed E-state index contributed by atoms with van der Waals surface area (Å²) in [7, 11) is 0. The highest BCUT2D eigenvalue weighted by Crippen LogP contribution is 2.26. The van der Waals surface area contributed by atoms with Crippen molar-refractivity contribution < 1.29 is 4.74 Å². The van der Waals surface area contributed by atoms with Gasteiger partial charge in [-0.1, -0.05) is 17.7 Å². The Hall–Kier alpha value is -1.58. The van der Waals surface area contributed by atoms with Crippen molar-refractivity contribution in [3.8, 4) is 11.6 Å². The van der Waals surface area contributed by atoms with Gasteiger partial charge in [0, 0.05) is 23.3 Å². The van der Waals surface area contributed by atoms with E-state index in [1.165, 1.54) is 0 Å². The predicted molar refractivity (Wildman–Crippen MR) is 77.9 cm³/mol. The van der Waals surface area contributed by atoms with Crippen LogP contribution in [0.4, 0.5) is 0 Å². The van der Waals surface area contributed by atoms with E-state index in [-0.39, 0.29) is 6.04 Å². The number of hydrogen-bond donors (Lipinski definition) is 1. The van der Waals surface area contributed by atoms with E-state index in [9.17, 15) is 0 Å². The first-order valence-electron chi connectivity index (χ1n) is 6.19. The van der Waals surface area contributed by atoms with Gasteiger partial charge in [-0.2, -0.15) is 0 Å². The fourth-order valence-electron chi connectivity index (χ4n) is 1.80. The van der Waals surface area contributed by atoms with Gasteiger partial charge in [0.2, 0.25) is 5.88 Å². The lowest BCUT2D eigenvalue weighted by Crippen LogP contribution is -2.17. The number of nitrogens with zero attached hydrogens (tertiary/aromatic N) is 1. The van der Waals surface area contributed by atoms with E-state index < -0.39 is 0 Å². The summed E-state index contributed by atoms with van der Waals surface area (Å²) in [6, 6.07) is 9.47. The maximum absolute atomic E-state index is 5.91. The number of aryl methyl sites for hydroxylation is 1. The van der Waals surface area contributed by atoms with Gasteiger partial charge in [-0.15, -0.1) is 0 Å². The molecule has 1 aromatic heterocycles. The Morgan fingerprint density at radius 1 is 1.32 bits per heavy atom. The first kappa shape index (κ1) is 13.8. The number of hydrogen-bond acceptors (Lipinski definition) is 3. The fourth-order valence-corrected chi connectivity index (χ4v) is 2.03. The third-order valence-corrected chi connectivity index (χ3v) is 2.94. The molecule has 1 unspecified atom stereocenters. The topological polar surface area (TPSA) is 48.1 Å². The first-order chi connectivity index (χ1) is 9.04. The lowest BCUT2D eigenvalue weighted by atomic mass is 10.1. The van der Waals surface area contributed by atoms with Crippen LogP contribution >= 0.6 is 11.6 Å². The number of rotatable bonds is 4. The van der Waals surface area contributed by atoms with E-state index in [4.69, 9.17) is 22.1 Å². The lowest BCUT2D eigenvalue weighted by molar-refractivity contribution is 0.459. The second-order valence-corrected chi connectivity index (χ2v) is 5.13. The summed E-state index contributed by atoms with van der Waals surface area (Å²) in [4.78, 5) is 4.28. The highest BCUT2D eigenvalue weighted by molar-refractivity contribution is 6.30. The summed E-state index contributed by atoms with van der Waals surface area (Å²) in [5, 5.41) is 0.699. The predicted octanol–water partition coefficient (Wildman–Crippen LogP) is 3.73. The normalized spacial score (nSPS) is 12.2. The van der Waals surface area contributed by atoms with Crippen molar-refractivity contribution in [2.75, 3.05) is 0 Å².